The Labute approximate surface area is 99.5 Å². The van der Waals surface area contributed by atoms with Crippen molar-refractivity contribution in [2.45, 2.75) is 19.8 Å². The number of amides is 1. The third-order valence-electron chi connectivity index (χ3n) is 3.07. The number of likely N-dealkylation sites (tertiary alicyclic amines) is 1. The number of carbonyl (C=O) groups is 1. The highest BCUT2D eigenvalue weighted by molar-refractivity contribution is 7.13. The Balaban J connectivity index is 1.96. The van der Waals surface area contributed by atoms with Gasteiger partial charge in [-0.1, -0.05) is 0 Å². The van der Waals surface area contributed by atoms with E-state index in [2.05, 4.69) is 4.98 Å². The Hall–Kier alpha value is -0.940. The Morgan fingerprint density at radius 1 is 1.62 bits per heavy atom. The van der Waals surface area contributed by atoms with Gasteiger partial charge in [-0.3, -0.25) is 4.79 Å². The van der Waals surface area contributed by atoms with Crippen molar-refractivity contribution in [3.63, 3.8) is 0 Å². The van der Waals surface area contributed by atoms with Gasteiger partial charge in [0.15, 0.2) is 0 Å². The zero-order valence-corrected chi connectivity index (χ0v) is 10.3. The smallest absolute Gasteiger partial charge is 0.265 e. The van der Waals surface area contributed by atoms with Crippen LogP contribution in [-0.2, 0) is 0 Å². The third-order valence-corrected chi connectivity index (χ3v) is 3.97. The van der Waals surface area contributed by atoms with Crippen LogP contribution in [0.2, 0.25) is 0 Å². The van der Waals surface area contributed by atoms with Crippen molar-refractivity contribution in [2.75, 3.05) is 19.6 Å². The molecule has 0 spiro atoms. The van der Waals surface area contributed by atoms with E-state index in [1.165, 1.54) is 11.3 Å². The highest BCUT2D eigenvalue weighted by atomic mass is 32.1. The van der Waals surface area contributed by atoms with E-state index < -0.39 is 0 Å². The van der Waals surface area contributed by atoms with Crippen LogP contribution in [-0.4, -0.2) is 35.4 Å². The largest absolute Gasteiger partial charge is 0.338 e. The molecule has 0 unspecified atom stereocenters. The number of hydrogen-bond acceptors (Lipinski definition) is 4. The van der Waals surface area contributed by atoms with E-state index >= 15 is 0 Å². The molecule has 1 aromatic heterocycles. The second-order valence-electron chi connectivity index (χ2n) is 4.21. The zero-order valence-electron chi connectivity index (χ0n) is 9.48. The predicted molar refractivity (Wildman–Crippen MR) is 64.5 cm³/mol. The molecular weight excluding hydrogens is 222 g/mol. The van der Waals surface area contributed by atoms with Crippen LogP contribution < -0.4 is 5.73 Å². The minimum Gasteiger partial charge on any atom is -0.338 e. The summed E-state index contributed by atoms with van der Waals surface area (Å²) in [5, 5.41) is 0.945. The summed E-state index contributed by atoms with van der Waals surface area (Å²) in [5.74, 6) is 0.716. The van der Waals surface area contributed by atoms with Crippen LogP contribution >= 0.6 is 11.3 Å². The Morgan fingerprint density at radius 2 is 2.31 bits per heavy atom. The standard InChI is InChI=1S/C11H17N3OS/c1-8-13-7-10(16-8)11(15)14-4-2-9(6-12)3-5-14/h7,9H,2-6,12H2,1H3. The van der Waals surface area contributed by atoms with Crippen molar-refractivity contribution in [3.05, 3.63) is 16.1 Å². The number of aromatic nitrogens is 1. The molecule has 1 saturated heterocycles. The normalized spacial score (nSPS) is 17.8. The maximum Gasteiger partial charge on any atom is 0.265 e. The van der Waals surface area contributed by atoms with E-state index in [1.54, 1.807) is 6.20 Å². The highest BCUT2D eigenvalue weighted by Gasteiger charge is 2.23. The topological polar surface area (TPSA) is 59.2 Å². The maximum atomic E-state index is 12.1. The molecule has 16 heavy (non-hydrogen) atoms. The van der Waals surface area contributed by atoms with E-state index in [1.807, 2.05) is 11.8 Å². The molecule has 88 valence electrons. The fourth-order valence-corrected chi connectivity index (χ4v) is 2.73. The summed E-state index contributed by atoms with van der Waals surface area (Å²) in [6, 6.07) is 0. The van der Waals surface area contributed by atoms with Gasteiger partial charge in [0.2, 0.25) is 0 Å². The number of aryl methyl sites for hydroxylation is 1. The van der Waals surface area contributed by atoms with Gasteiger partial charge in [-0.05, 0) is 32.2 Å². The molecule has 0 atom stereocenters. The zero-order chi connectivity index (χ0) is 11.5. The van der Waals surface area contributed by atoms with Gasteiger partial charge in [-0.25, -0.2) is 4.98 Å². The summed E-state index contributed by atoms with van der Waals surface area (Å²) in [5.41, 5.74) is 5.63. The second-order valence-corrected chi connectivity index (χ2v) is 5.45. The minimum absolute atomic E-state index is 0.126. The van der Waals surface area contributed by atoms with Gasteiger partial charge in [0.25, 0.3) is 5.91 Å². The minimum atomic E-state index is 0.126. The monoisotopic (exact) mass is 239 g/mol. The van der Waals surface area contributed by atoms with Crippen LogP contribution in [0.25, 0.3) is 0 Å². The lowest BCUT2D eigenvalue weighted by Gasteiger charge is -2.30. The lowest BCUT2D eigenvalue weighted by Crippen LogP contribution is -2.39. The fraction of sp³-hybridized carbons (Fsp3) is 0.636. The number of thiazole rings is 1. The summed E-state index contributed by atoms with van der Waals surface area (Å²) in [6.45, 7) is 4.32. The van der Waals surface area contributed by atoms with Crippen LogP contribution in [0.4, 0.5) is 0 Å². The lowest BCUT2D eigenvalue weighted by molar-refractivity contribution is 0.0698. The number of hydrogen-bond donors (Lipinski definition) is 1. The molecule has 0 bridgehead atoms. The molecule has 1 aromatic rings. The van der Waals surface area contributed by atoms with Gasteiger partial charge < -0.3 is 10.6 Å². The molecular formula is C11H17N3OS. The maximum absolute atomic E-state index is 12.1. The molecule has 0 aromatic carbocycles. The molecule has 0 radical (unpaired) electrons. The molecule has 0 aliphatic carbocycles. The molecule has 5 heteroatoms. The average Bonchev–Trinajstić information content (AvgIpc) is 2.75. The molecule has 1 aliphatic heterocycles. The Kier molecular flexibility index (Phi) is 3.56. The molecule has 1 fully saturated rings. The SMILES string of the molecule is Cc1ncc(C(=O)N2CCC(CN)CC2)s1. The number of rotatable bonds is 2. The molecule has 4 nitrogen and oxygen atoms in total. The van der Waals surface area contributed by atoms with E-state index in [-0.39, 0.29) is 5.91 Å². The number of nitrogens with zero attached hydrogens (tertiary/aromatic N) is 2. The van der Waals surface area contributed by atoms with Crippen molar-refractivity contribution in [1.29, 1.82) is 0 Å². The van der Waals surface area contributed by atoms with Crippen molar-refractivity contribution >= 4 is 17.2 Å². The molecule has 2 N–H and O–H groups in total. The Morgan fingerprint density at radius 3 is 2.81 bits per heavy atom. The van der Waals surface area contributed by atoms with E-state index in [4.69, 9.17) is 5.73 Å². The van der Waals surface area contributed by atoms with Crippen molar-refractivity contribution in [1.82, 2.24) is 9.88 Å². The highest BCUT2D eigenvalue weighted by Crippen LogP contribution is 2.20. The molecule has 1 amide bonds. The first-order chi connectivity index (χ1) is 7.70. The fourth-order valence-electron chi connectivity index (χ4n) is 1.99. The number of piperidine rings is 1. The lowest BCUT2D eigenvalue weighted by atomic mass is 9.97. The van der Waals surface area contributed by atoms with Crippen LogP contribution in [0.15, 0.2) is 6.20 Å². The van der Waals surface area contributed by atoms with Crippen LogP contribution in [0.3, 0.4) is 0 Å². The first-order valence-electron chi connectivity index (χ1n) is 5.62. The van der Waals surface area contributed by atoms with Crippen molar-refractivity contribution in [3.8, 4) is 0 Å². The van der Waals surface area contributed by atoms with Crippen LogP contribution in [0, 0.1) is 12.8 Å². The summed E-state index contributed by atoms with van der Waals surface area (Å²) >= 11 is 1.47. The van der Waals surface area contributed by atoms with E-state index in [0.717, 1.165) is 42.4 Å². The van der Waals surface area contributed by atoms with Gasteiger partial charge in [0, 0.05) is 13.1 Å². The molecule has 1 aliphatic rings. The van der Waals surface area contributed by atoms with Crippen LogP contribution in [0.1, 0.15) is 27.5 Å². The van der Waals surface area contributed by atoms with Gasteiger partial charge in [-0.15, -0.1) is 11.3 Å². The van der Waals surface area contributed by atoms with Crippen molar-refractivity contribution in [2.24, 2.45) is 11.7 Å². The summed E-state index contributed by atoms with van der Waals surface area (Å²) in [6.07, 6.45) is 3.73. The molecule has 2 heterocycles. The molecule has 0 saturated carbocycles. The predicted octanol–water partition coefficient (Wildman–Crippen LogP) is 1.26. The second kappa shape index (κ2) is 4.93. The quantitative estimate of drug-likeness (QED) is 0.845. The Bertz CT molecular complexity index is 369. The van der Waals surface area contributed by atoms with Crippen molar-refractivity contribution < 1.29 is 4.79 Å². The summed E-state index contributed by atoms with van der Waals surface area (Å²) in [7, 11) is 0. The first kappa shape index (κ1) is 11.5. The summed E-state index contributed by atoms with van der Waals surface area (Å²) in [4.78, 5) is 18.9. The summed E-state index contributed by atoms with van der Waals surface area (Å²) < 4.78 is 0. The first-order valence-corrected chi connectivity index (χ1v) is 6.44. The third kappa shape index (κ3) is 2.41. The number of carbonyl (C=O) groups excluding carboxylic acids is 1. The average molecular weight is 239 g/mol. The van der Waals surface area contributed by atoms with E-state index in [9.17, 15) is 4.79 Å². The van der Waals surface area contributed by atoms with Gasteiger partial charge in [-0.2, -0.15) is 0 Å². The number of nitrogens with two attached hydrogens (primary N) is 1. The van der Waals surface area contributed by atoms with E-state index in [0.29, 0.717) is 5.92 Å². The molecule has 2 rings (SSSR count). The van der Waals surface area contributed by atoms with Gasteiger partial charge in [0.1, 0.15) is 4.88 Å². The van der Waals surface area contributed by atoms with Crippen LogP contribution in [0.5, 0.6) is 0 Å². The van der Waals surface area contributed by atoms with Gasteiger partial charge in [0.05, 0.1) is 11.2 Å². The van der Waals surface area contributed by atoms with Gasteiger partial charge >= 0.3 is 0 Å².